The third-order valence-corrected chi connectivity index (χ3v) is 7.42. The van der Waals surface area contributed by atoms with Crippen LogP contribution in [-0.4, -0.2) is 17.1 Å². The van der Waals surface area contributed by atoms with Crippen LogP contribution >= 0.6 is 11.8 Å². The van der Waals surface area contributed by atoms with Crippen molar-refractivity contribution < 1.29 is 9.59 Å². The third kappa shape index (κ3) is 5.69. The maximum atomic E-state index is 13.7. The lowest BCUT2D eigenvalue weighted by molar-refractivity contribution is -0.117. The van der Waals surface area contributed by atoms with Crippen LogP contribution in [0.5, 0.6) is 0 Å². The fourth-order valence-corrected chi connectivity index (χ4v) is 5.47. The number of para-hydroxylation sites is 2. The Bertz CT molecular complexity index is 1310. The Morgan fingerprint density at radius 3 is 2.33 bits per heavy atom. The first-order valence-electron chi connectivity index (χ1n) is 12.2. The van der Waals surface area contributed by atoms with E-state index in [-0.39, 0.29) is 11.5 Å². The quantitative estimate of drug-likeness (QED) is 0.290. The van der Waals surface area contributed by atoms with Crippen molar-refractivity contribution in [3.05, 3.63) is 106 Å². The Kier molecular flexibility index (Phi) is 8.24. The molecular weight excluding hydrogens is 466 g/mol. The van der Waals surface area contributed by atoms with E-state index in [4.69, 9.17) is 0 Å². The van der Waals surface area contributed by atoms with Crippen LogP contribution in [0.2, 0.25) is 0 Å². The summed E-state index contributed by atoms with van der Waals surface area (Å²) in [6.07, 6.45) is 3.86. The number of anilines is 2. The molecule has 0 spiro atoms. The summed E-state index contributed by atoms with van der Waals surface area (Å²) >= 11 is 1.29. The number of nitrogens with zero attached hydrogens (tertiary/aromatic N) is 2. The zero-order valence-electron chi connectivity index (χ0n) is 20.5. The molecule has 1 N–H and O–H groups in total. The summed E-state index contributed by atoms with van der Waals surface area (Å²) in [4.78, 5) is 28.4. The zero-order valence-corrected chi connectivity index (χ0v) is 21.3. The molecule has 4 rings (SSSR count). The van der Waals surface area contributed by atoms with Crippen LogP contribution in [0.15, 0.2) is 89.5 Å². The van der Waals surface area contributed by atoms with Crippen LogP contribution in [-0.2, 0) is 22.4 Å². The average molecular weight is 496 g/mol. The number of carbonyl (C=O) groups is 2. The number of aryl methyl sites for hydroxylation is 2. The Balaban J connectivity index is 1.67. The van der Waals surface area contributed by atoms with E-state index in [2.05, 4.69) is 42.6 Å². The van der Waals surface area contributed by atoms with Gasteiger partial charge in [0.2, 0.25) is 5.91 Å². The molecule has 0 bridgehead atoms. The molecular formula is C30H29N3O2S. The second kappa shape index (κ2) is 11.7. The molecule has 182 valence electrons. The highest BCUT2D eigenvalue weighted by Crippen LogP contribution is 2.43. The van der Waals surface area contributed by atoms with Crippen molar-refractivity contribution in [3.63, 3.8) is 0 Å². The van der Waals surface area contributed by atoms with Gasteiger partial charge in [-0.3, -0.25) is 14.5 Å². The summed E-state index contributed by atoms with van der Waals surface area (Å²) in [5.41, 5.74) is 4.44. The minimum absolute atomic E-state index is 0.0714. The predicted octanol–water partition coefficient (Wildman–Crippen LogP) is 6.40. The number of amides is 2. The molecule has 1 aliphatic heterocycles. The van der Waals surface area contributed by atoms with Gasteiger partial charge in [-0.2, -0.15) is 5.26 Å². The predicted molar refractivity (Wildman–Crippen MR) is 147 cm³/mol. The number of carbonyl (C=O) groups excluding carboxylic acids is 2. The number of rotatable bonds is 8. The molecule has 1 saturated heterocycles. The van der Waals surface area contributed by atoms with Gasteiger partial charge in [0.25, 0.3) is 5.91 Å². The minimum Gasteiger partial charge on any atom is -0.321 e. The van der Waals surface area contributed by atoms with E-state index >= 15 is 0 Å². The molecule has 1 aliphatic rings. The summed E-state index contributed by atoms with van der Waals surface area (Å²) < 4.78 is 0. The van der Waals surface area contributed by atoms with Crippen molar-refractivity contribution in [1.82, 2.24) is 0 Å². The van der Waals surface area contributed by atoms with E-state index in [9.17, 15) is 14.9 Å². The van der Waals surface area contributed by atoms with Gasteiger partial charge < -0.3 is 5.32 Å². The Morgan fingerprint density at radius 2 is 1.67 bits per heavy atom. The van der Waals surface area contributed by atoms with Crippen LogP contribution < -0.4 is 10.2 Å². The normalized spacial score (nSPS) is 16.5. The van der Waals surface area contributed by atoms with Crippen LogP contribution in [0, 0.1) is 18.3 Å². The van der Waals surface area contributed by atoms with E-state index in [0.29, 0.717) is 22.8 Å². The first-order chi connectivity index (χ1) is 17.5. The van der Waals surface area contributed by atoms with Crippen molar-refractivity contribution in [2.75, 3.05) is 10.2 Å². The summed E-state index contributed by atoms with van der Waals surface area (Å²) in [6.45, 7) is 4.10. The molecule has 3 aromatic carbocycles. The topological polar surface area (TPSA) is 73.2 Å². The first kappa shape index (κ1) is 25.3. The lowest BCUT2D eigenvalue weighted by atomic mass is 10.0. The zero-order chi connectivity index (χ0) is 25.5. The lowest BCUT2D eigenvalue weighted by Crippen LogP contribution is -2.31. The number of hydrogen-bond donors (Lipinski definition) is 1. The average Bonchev–Trinajstić information content (AvgIpc) is 3.20. The number of hydrogen-bond acceptors (Lipinski definition) is 4. The molecule has 0 unspecified atom stereocenters. The van der Waals surface area contributed by atoms with Gasteiger partial charge in [-0.05, 0) is 61.1 Å². The maximum absolute atomic E-state index is 13.7. The number of unbranched alkanes of at least 4 members (excludes halogenated alkanes) is 1. The number of nitrogens with one attached hydrogen (secondary N) is 1. The molecule has 0 aliphatic carbocycles. The van der Waals surface area contributed by atoms with Crippen LogP contribution in [0.4, 0.5) is 11.4 Å². The smallest absolute Gasteiger partial charge is 0.269 e. The van der Waals surface area contributed by atoms with Crippen molar-refractivity contribution in [1.29, 1.82) is 5.26 Å². The molecule has 6 heteroatoms. The molecule has 1 fully saturated rings. The molecule has 0 saturated carbocycles. The molecule has 2 amide bonds. The molecule has 1 atom stereocenters. The monoisotopic (exact) mass is 495 g/mol. The maximum Gasteiger partial charge on any atom is 0.269 e. The number of nitriles is 1. The van der Waals surface area contributed by atoms with Gasteiger partial charge >= 0.3 is 0 Å². The number of benzene rings is 3. The van der Waals surface area contributed by atoms with Gasteiger partial charge in [0.15, 0.2) is 0 Å². The van der Waals surface area contributed by atoms with E-state index in [1.165, 1.54) is 17.3 Å². The second-order valence-electron chi connectivity index (χ2n) is 8.80. The molecule has 0 aromatic heterocycles. The number of thioether (sulfide) groups is 1. The molecule has 0 radical (unpaired) electrons. The highest BCUT2D eigenvalue weighted by molar-refractivity contribution is 8.05. The van der Waals surface area contributed by atoms with Gasteiger partial charge in [0.05, 0.1) is 10.9 Å². The van der Waals surface area contributed by atoms with Gasteiger partial charge in [0.1, 0.15) is 16.7 Å². The first-order valence-corrected chi connectivity index (χ1v) is 13.0. The molecule has 36 heavy (non-hydrogen) atoms. The third-order valence-electron chi connectivity index (χ3n) is 6.16. The van der Waals surface area contributed by atoms with Crippen LogP contribution in [0.25, 0.3) is 0 Å². The highest BCUT2D eigenvalue weighted by Gasteiger charge is 2.41. The summed E-state index contributed by atoms with van der Waals surface area (Å²) in [6, 6.07) is 27.0. The van der Waals surface area contributed by atoms with E-state index in [1.807, 2.05) is 49.4 Å². The van der Waals surface area contributed by atoms with Gasteiger partial charge in [0, 0.05) is 5.69 Å². The van der Waals surface area contributed by atoms with Gasteiger partial charge in [-0.25, -0.2) is 0 Å². The standard InChI is InChI=1S/C30H29N3O2S/c1-3-4-11-22-15-17-23(18-16-22)19-27-29(35)33(26-14-9-8-10-21(26)2)30(36-27)25(20-31)28(34)32-24-12-6-5-7-13-24/h5-10,12-18,27H,3-4,11,19H2,1-2H3,(H,32,34)/b30-25-/t27-/m1/s1. The summed E-state index contributed by atoms with van der Waals surface area (Å²) in [5.74, 6) is -0.655. The highest BCUT2D eigenvalue weighted by atomic mass is 32.2. The minimum atomic E-state index is -0.529. The molecule has 1 heterocycles. The van der Waals surface area contributed by atoms with Crippen molar-refractivity contribution in [3.8, 4) is 6.07 Å². The van der Waals surface area contributed by atoms with E-state index in [0.717, 1.165) is 30.4 Å². The van der Waals surface area contributed by atoms with Crippen molar-refractivity contribution in [2.24, 2.45) is 0 Å². The van der Waals surface area contributed by atoms with Crippen molar-refractivity contribution in [2.45, 2.75) is 44.8 Å². The van der Waals surface area contributed by atoms with Crippen LogP contribution in [0.1, 0.15) is 36.5 Å². The van der Waals surface area contributed by atoms with Crippen LogP contribution in [0.3, 0.4) is 0 Å². The van der Waals surface area contributed by atoms with E-state index in [1.54, 1.807) is 17.0 Å². The Morgan fingerprint density at radius 1 is 1.00 bits per heavy atom. The summed E-state index contributed by atoms with van der Waals surface area (Å²) in [5, 5.41) is 12.7. The fourth-order valence-electron chi connectivity index (χ4n) is 4.17. The van der Waals surface area contributed by atoms with Gasteiger partial charge in [-0.15, -0.1) is 0 Å². The van der Waals surface area contributed by atoms with E-state index < -0.39 is 11.2 Å². The Labute approximate surface area is 216 Å². The largest absolute Gasteiger partial charge is 0.321 e. The fraction of sp³-hybridized carbons (Fsp3) is 0.233. The lowest BCUT2D eigenvalue weighted by Gasteiger charge is -2.20. The van der Waals surface area contributed by atoms with Gasteiger partial charge in [-0.1, -0.05) is 85.8 Å². The Hall–Kier alpha value is -3.82. The molecule has 3 aromatic rings. The summed E-state index contributed by atoms with van der Waals surface area (Å²) in [7, 11) is 0. The second-order valence-corrected chi connectivity index (χ2v) is 9.99. The molecule has 5 nitrogen and oxygen atoms in total. The SMILES string of the molecule is CCCCc1ccc(C[C@H]2S/C(=C(/C#N)C(=O)Nc3ccccc3)N(c3ccccc3C)C2=O)cc1. The van der Waals surface area contributed by atoms with Crippen molar-refractivity contribution >= 4 is 35.0 Å².